The fourth-order valence-electron chi connectivity index (χ4n) is 1.15. The number of hydrogen-bond donors (Lipinski definition) is 0. The molecule has 1 aromatic carbocycles. The van der Waals surface area contributed by atoms with E-state index < -0.39 is 30.4 Å². The van der Waals surface area contributed by atoms with E-state index in [0.29, 0.717) is 6.92 Å². The molecule has 0 atom stereocenters. The van der Waals surface area contributed by atoms with Crippen LogP contribution in [0.3, 0.4) is 0 Å². The summed E-state index contributed by atoms with van der Waals surface area (Å²) in [6, 6.07) is 5.30. The first-order valence-corrected chi connectivity index (χ1v) is 5.92. The molecule has 8 heteroatoms. The fourth-order valence-corrected chi connectivity index (χ4v) is 1.15. The van der Waals surface area contributed by atoms with Gasteiger partial charge in [0, 0.05) is 13.0 Å². The van der Waals surface area contributed by atoms with Gasteiger partial charge < -0.3 is 14.2 Å². The van der Waals surface area contributed by atoms with Crippen molar-refractivity contribution in [2.45, 2.75) is 12.8 Å². The van der Waals surface area contributed by atoms with Crippen LogP contribution in [0.25, 0.3) is 0 Å². The Bertz CT molecular complexity index is 574. The van der Waals surface area contributed by atoms with E-state index in [9.17, 15) is 23.2 Å². The van der Waals surface area contributed by atoms with Crippen LogP contribution in [0, 0.1) is 0 Å². The van der Waals surface area contributed by atoms with Gasteiger partial charge in [0.25, 0.3) is 0 Å². The van der Waals surface area contributed by atoms with Crippen molar-refractivity contribution in [1.82, 2.24) is 0 Å². The molecule has 0 unspecified atom stereocenters. The zero-order valence-corrected chi connectivity index (χ0v) is 11.5. The second-order valence-electron chi connectivity index (χ2n) is 4.04. The molecule has 0 aliphatic carbocycles. The summed E-state index contributed by atoms with van der Waals surface area (Å²) in [6.45, 7) is 2.63. The second kappa shape index (κ2) is 7.30. The summed E-state index contributed by atoms with van der Waals surface area (Å²) in [5.74, 6) is -6.94. The van der Waals surface area contributed by atoms with Crippen LogP contribution < -0.4 is 9.47 Å². The van der Waals surface area contributed by atoms with E-state index in [4.69, 9.17) is 9.47 Å². The molecule has 0 bridgehead atoms. The molecule has 0 fully saturated rings. The van der Waals surface area contributed by atoms with Gasteiger partial charge in [-0.1, -0.05) is 6.58 Å². The maximum absolute atomic E-state index is 12.5. The van der Waals surface area contributed by atoms with E-state index in [1.54, 1.807) is 0 Å². The van der Waals surface area contributed by atoms with Gasteiger partial charge in [0.15, 0.2) is 6.61 Å². The maximum atomic E-state index is 12.5. The summed E-state index contributed by atoms with van der Waals surface area (Å²) in [5, 5.41) is 0. The molecule has 1 aromatic rings. The largest absolute Gasteiger partial charge is 0.449 e. The van der Waals surface area contributed by atoms with Crippen LogP contribution >= 0.6 is 0 Å². The van der Waals surface area contributed by atoms with E-state index in [1.807, 2.05) is 0 Å². The summed E-state index contributed by atoms with van der Waals surface area (Å²) in [6.07, 6.45) is 0.978. The Balaban J connectivity index is 2.50. The lowest BCUT2D eigenvalue weighted by Gasteiger charge is -2.09. The summed E-state index contributed by atoms with van der Waals surface area (Å²) < 4.78 is 38.6. The minimum absolute atomic E-state index is 0.0581. The Morgan fingerprint density at radius 1 is 1.14 bits per heavy atom. The van der Waals surface area contributed by atoms with Crippen molar-refractivity contribution in [1.29, 1.82) is 0 Å². The van der Waals surface area contributed by atoms with Crippen LogP contribution in [0.5, 0.6) is 11.5 Å². The van der Waals surface area contributed by atoms with Crippen molar-refractivity contribution < 1.29 is 37.4 Å². The van der Waals surface area contributed by atoms with Crippen molar-refractivity contribution in [3.8, 4) is 11.5 Å². The number of halogens is 2. The van der Waals surface area contributed by atoms with Gasteiger partial charge in [-0.2, -0.15) is 8.78 Å². The van der Waals surface area contributed by atoms with Crippen molar-refractivity contribution in [2.24, 2.45) is 0 Å². The average molecular weight is 314 g/mol. The van der Waals surface area contributed by atoms with E-state index in [0.717, 1.165) is 6.08 Å². The fraction of sp³-hybridized carbons (Fsp3) is 0.214. The molecule has 0 radical (unpaired) electrons. The molecule has 0 aromatic heterocycles. The normalized spacial score (nSPS) is 10.5. The first kappa shape index (κ1) is 17.3. The van der Waals surface area contributed by atoms with Crippen LogP contribution in [0.15, 0.2) is 36.9 Å². The minimum atomic E-state index is -3.68. The highest BCUT2D eigenvalue weighted by atomic mass is 19.3. The van der Waals surface area contributed by atoms with Crippen LogP contribution in [0.1, 0.15) is 6.92 Å². The Morgan fingerprint density at radius 3 is 2.09 bits per heavy atom. The lowest BCUT2D eigenvalue weighted by atomic mass is 10.3. The van der Waals surface area contributed by atoms with E-state index in [2.05, 4.69) is 11.3 Å². The molecule has 0 spiro atoms. The van der Waals surface area contributed by atoms with Gasteiger partial charge in [0.2, 0.25) is 0 Å². The third kappa shape index (κ3) is 5.70. The standard InChI is InChI=1S/C14H12F2O6/c1-3-11(17)21-9-4-6-10(7-5-9)22-12(18)8-20-13(19)14(2,15)16/h3-7H,1,8H2,2H3. The second-order valence-corrected chi connectivity index (χ2v) is 4.04. The average Bonchev–Trinajstić information content (AvgIpc) is 2.45. The van der Waals surface area contributed by atoms with Crippen LogP contribution in [0.2, 0.25) is 0 Å². The predicted octanol–water partition coefficient (Wildman–Crippen LogP) is 1.88. The molecule has 118 valence electrons. The molecule has 22 heavy (non-hydrogen) atoms. The van der Waals surface area contributed by atoms with Crippen LogP contribution in [-0.4, -0.2) is 30.4 Å². The van der Waals surface area contributed by atoms with Gasteiger partial charge in [0.05, 0.1) is 0 Å². The number of carbonyl (C=O) groups is 3. The van der Waals surface area contributed by atoms with Crippen molar-refractivity contribution >= 4 is 17.9 Å². The van der Waals surface area contributed by atoms with Gasteiger partial charge in [-0.05, 0) is 24.3 Å². The maximum Gasteiger partial charge on any atom is 0.377 e. The number of benzene rings is 1. The number of esters is 3. The quantitative estimate of drug-likeness (QED) is 0.453. The molecule has 0 amide bonds. The molecule has 0 aliphatic rings. The Kier molecular flexibility index (Phi) is 5.73. The highest BCUT2D eigenvalue weighted by molar-refractivity contribution is 5.83. The molecule has 1 rings (SSSR count). The van der Waals surface area contributed by atoms with E-state index in [-0.39, 0.29) is 11.5 Å². The molecule has 0 saturated carbocycles. The van der Waals surface area contributed by atoms with Gasteiger partial charge in [-0.15, -0.1) is 0 Å². The molecule has 0 aliphatic heterocycles. The lowest BCUT2D eigenvalue weighted by molar-refractivity contribution is -0.173. The molecule has 6 nitrogen and oxygen atoms in total. The van der Waals surface area contributed by atoms with Gasteiger partial charge in [0.1, 0.15) is 11.5 Å². The molecule has 0 heterocycles. The summed E-state index contributed by atoms with van der Waals surface area (Å²) in [7, 11) is 0. The summed E-state index contributed by atoms with van der Waals surface area (Å²) in [4.78, 5) is 33.0. The topological polar surface area (TPSA) is 78.9 Å². The van der Waals surface area contributed by atoms with Gasteiger partial charge >= 0.3 is 23.8 Å². The van der Waals surface area contributed by atoms with E-state index >= 15 is 0 Å². The van der Waals surface area contributed by atoms with Crippen LogP contribution in [0.4, 0.5) is 8.78 Å². The molecular formula is C14H12F2O6. The number of rotatable bonds is 6. The number of hydrogen-bond acceptors (Lipinski definition) is 6. The SMILES string of the molecule is C=CC(=O)Oc1ccc(OC(=O)COC(=O)C(C)(F)F)cc1. The van der Waals surface area contributed by atoms with Crippen molar-refractivity contribution in [2.75, 3.05) is 6.61 Å². The number of alkyl halides is 2. The Labute approximate surface area is 124 Å². The van der Waals surface area contributed by atoms with Crippen LogP contribution in [-0.2, 0) is 19.1 Å². The first-order valence-electron chi connectivity index (χ1n) is 5.92. The monoisotopic (exact) mass is 314 g/mol. The van der Waals surface area contributed by atoms with Gasteiger partial charge in [-0.25, -0.2) is 14.4 Å². The lowest BCUT2D eigenvalue weighted by Crippen LogP contribution is -2.30. The molecule has 0 N–H and O–H groups in total. The Morgan fingerprint density at radius 2 is 1.64 bits per heavy atom. The molecular weight excluding hydrogens is 302 g/mol. The van der Waals surface area contributed by atoms with Crippen molar-refractivity contribution in [3.63, 3.8) is 0 Å². The zero-order chi connectivity index (χ0) is 16.8. The zero-order valence-electron chi connectivity index (χ0n) is 11.5. The summed E-state index contributed by atoms with van der Waals surface area (Å²) >= 11 is 0. The predicted molar refractivity (Wildman–Crippen MR) is 69.5 cm³/mol. The third-order valence-corrected chi connectivity index (χ3v) is 2.12. The van der Waals surface area contributed by atoms with Crippen molar-refractivity contribution in [3.05, 3.63) is 36.9 Å². The molecule has 0 saturated heterocycles. The van der Waals surface area contributed by atoms with Gasteiger partial charge in [-0.3, -0.25) is 0 Å². The minimum Gasteiger partial charge on any atom is -0.449 e. The Hall–Kier alpha value is -2.77. The summed E-state index contributed by atoms with van der Waals surface area (Å²) in [5.41, 5.74) is 0. The number of ether oxygens (including phenoxy) is 3. The first-order chi connectivity index (χ1) is 10.2. The number of carbonyl (C=O) groups excluding carboxylic acids is 3. The highest BCUT2D eigenvalue weighted by Gasteiger charge is 2.34. The smallest absolute Gasteiger partial charge is 0.377 e. The highest BCUT2D eigenvalue weighted by Crippen LogP contribution is 2.18. The van der Waals surface area contributed by atoms with E-state index in [1.165, 1.54) is 24.3 Å². The third-order valence-electron chi connectivity index (χ3n) is 2.12.